The van der Waals surface area contributed by atoms with Gasteiger partial charge in [-0.1, -0.05) is 25.1 Å². The van der Waals surface area contributed by atoms with Crippen molar-refractivity contribution in [2.75, 3.05) is 11.5 Å². The zero-order valence-electron chi connectivity index (χ0n) is 12.3. The first-order valence-corrected chi connectivity index (χ1v) is 7.60. The lowest BCUT2D eigenvalue weighted by molar-refractivity contribution is -0.145. The third kappa shape index (κ3) is 1.50. The largest absolute Gasteiger partial charge is 0.465 e. The molecule has 1 saturated carbocycles. The van der Waals surface area contributed by atoms with E-state index in [4.69, 9.17) is 4.74 Å². The minimum absolute atomic E-state index is 0.0857. The molecule has 4 heteroatoms. The van der Waals surface area contributed by atoms with Gasteiger partial charge in [0.2, 0.25) is 5.91 Å². The summed E-state index contributed by atoms with van der Waals surface area (Å²) in [5, 5.41) is 0. The van der Waals surface area contributed by atoms with E-state index in [0.717, 1.165) is 12.1 Å². The van der Waals surface area contributed by atoms with E-state index in [1.807, 2.05) is 35.2 Å². The summed E-state index contributed by atoms with van der Waals surface area (Å²) in [7, 11) is 0. The molecule has 0 radical (unpaired) electrons. The molecule has 2 aliphatic heterocycles. The quantitative estimate of drug-likeness (QED) is 0.743. The Kier molecular flexibility index (Phi) is 2.51. The van der Waals surface area contributed by atoms with Crippen molar-refractivity contribution < 1.29 is 14.3 Å². The number of carbonyl (C=O) groups is 2. The monoisotopic (exact) mass is 285 g/mol. The zero-order chi connectivity index (χ0) is 14.8. The van der Waals surface area contributed by atoms with Gasteiger partial charge in [-0.2, -0.15) is 0 Å². The van der Waals surface area contributed by atoms with Gasteiger partial charge < -0.3 is 9.64 Å². The van der Waals surface area contributed by atoms with Crippen LogP contribution in [0.5, 0.6) is 0 Å². The highest BCUT2D eigenvalue weighted by Gasteiger charge is 2.65. The van der Waals surface area contributed by atoms with Crippen LogP contribution < -0.4 is 4.90 Å². The fourth-order valence-electron chi connectivity index (χ4n) is 4.68. The molecule has 5 atom stereocenters. The van der Waals surface area contributed by atoms with Crippen molar-refractivity contribution >= 4 is 17.6 Å². The van der Waals surface area contributed by atoms with Crippen LogP contribution in [0.4, 0.5) is 5.69 Å². The average molecular weight is 285 g/mol. The minimum atomic E-state index is -0.241. The second-order valence-corrected chi connectivity index (χ2v) is 6.80. The second kappa shape index (κ2) is 4.09. The standard InChI is InChI=1S/C17H19NO3/c1-10-13-14-11(9-21-16(14)20)8-17(10,2)18(15(13)19)12-6-4-3-5-7-12/h3-7,10-11,13-14H,8-9H2,1-2H3/t10?,11-,13-,14?,17-/m1/s1. The number of amides is 1. The molecule has 2 heterocycles. The Hall–Kier alpha value is -1.84. The molecular formula is C17H19NO3. The van der Waals surface area contributed by atoms with Crippen LogP contribution in [-0.2, 0) is 14.3 Å². The third-order valence-corrected chi connectivity index (χ3v) is 5.83. The van der Waals surface area contributed by atoms with E-state index < -0.39 is 0 Å². The van der Waals surface area contributed by atoms with Crippen molar-refractivity contribution in [1.82, 2.24) is 0 Å². The van der Waals surface area contributed by atoms with E-state index in [2.05, 4.69) is 13.8 Å². The molecule has 1 aromatic carbocycles. The maximum Gasteiger partial charge on any atom is 0.310 e. The molecular weight excluding hydrogens is 266 g/mol. The number of benzene rings is 1. The molecule has 4 rings (SSSR count). The van der Waals surface area contributed by atoms with Crippen LogP contribution in [0.3, 0.4) is 0 Å². The highest BCUT2D eigenvalue weighted by molar-refractivity contribution is 6.02. The van der Waals surface area contributed by atoms with Crippen LogP contribution in [-0.4, -0.2) is 24.0 Å². The number of hydrogen-bond acceptors (Lipinski definition) is 3. The second-order valence-electron chi connectivity index (χ2n) is 6.80. The van der Waals surface area contributed by atoms with Crippen molar-refractivity contribution in [2.45, 2.75) is 25.8 Å². The van der Waals surface area contributed by atoms with Crippen LogP contribution in [0.15, 0.2) is 30.3 Å². The third-order valence-electron chi connectivity index (χ3n) is 5.83. The summed E-state index contributed by atoms with van der Waals surface area (Å²) in [6, 6.07) is 9.81. The van der Waals surface area contributed by atoms with Crippen LogP contribution in [0.2, 0.25) is 0 Å². The van der Waals surface area contributed by atoms with E-state index in [-0.39, 0.29) is 41.1 Å². The van der Waals surface area contributed by atoms with Crippen LogP contribution in [0.25, 0.3) is 0 Å². The summed E-state index contributed by atoms with van der Waals surface area (Å²) < 4.78 is 5.23. The minimum Gasteiger partial charge on any atom is -0.465 e. The first-order valence-electron chi connectivity index (χ1n) is 7.60. The Morgan fingerprint density at radius 3 is 2.62 bits per heavy atom. The fourth-order valence-corrected chi connectivity index (χ4v) is 4.68. The Bertz CT molecular complexity index is 614. The first kappa shape index (κ1) is 12.9. The molecule has 1 aromatic rings. The number of ether oxygens (including phenoxy) is 1. The van der Waals surface area contributed by atoms with Gasteiger partial charge in [-0.15, -0.1) is 0 Å². The highest BCUT2D eigenvalue weighted by atomic mass is 16.5. The van der Waals surface area contributed by atoms with Crippen molar-refractivity contribution in [3.63, 3.8) is 0 Å². The van der Waals surface area contributed by atoms with Crippen molar-refractivity contribution in [1.29, 1.82) is 0 Å². The lowest BCUT2D eigenvalue weighted by atomic mass is 9.63. The van der Waals surface area contributed by atoms with E-state index in [1.165, 1.54) is 0 Å². The van der Waals surface area contributed by atoms with E-state index in [1.54, 1.807) is 0 Å². The number of rotatable bonds is 1. The van der Waals surface area contributed by atoms with Gasteiger partial charge in [0, 0.05) is 17.1 Å². The molecule has 2 bridgehead atoms. The van der Waals surface area contributed by atoms with Crippen LogP contribution in [0, 0.1) is 23.7 Å². The van der Waals surface area contributed by atoms with Gasteiger partial charge in [0.1, 0.15) is 0 Å². The van der Waals surface area contributed by atoms with E-state index in [9.17, 15) is 9.59 Å². The molecule has 0 aromatic heterocycles. The van der Waals surface area contributed by atoms with Gasteiger partial charge in [0.25, 0.3) is 0 Å². The van der Waals surface area contributed by atoms with Gasteiger partial charge >= 0.3 is 5.97 Å². The topological polar surface area (TPSA) is 46.6 Å². The van der Waals surface area contributed by atoms with Gasteiger partial charge in [-0.25, -0.2) is 0 Å². The van der Waals surface area contributed by atoms with Gasteiger partial charge in [-0.05, 0) is 31.4 Å². The van der Waals surface area contributed by atoms with E-state index >= 15 is 0 Å². The molecule has 3 fully saturated rings. The summed E-state index contributed by atoms with van der Waals surface area (Å²) in [5.41, 5.74) is 0.714. The molecule has 0 spiro atoms. The van der Waals surface area contributed by atoms with Crippen LogP contribution >= 0.6 is 0 Å². The van der Waals surface area contributed by atoms with Gasteiger partial charge in [0.15, 0.2) is 0 Å². The number of para-hydroxylation sites is 1. The number of carbonyl (C=O) groups excluding carboxylic acids is 2. The summed E-state index contributed by atoms with van der Waals surface area (Å²) in [6.45, 7) is 4.73. The fraction of sp³-hybridized carbons (Fsp3) is 0.529. The van der Waals surface area contributed by atoms with Gasteiger partial charge in [-0.3, -0.25) is 9.59 Å². The molecule has 0 N–H and O–H groups in total. The van der Waals surface area contributed by atoms with Crippen molar-refractivity contribution in [3.8, 4) is 0 Å². The maximum atomic E-state index is 13.0. The number of nitrogens with zero attached hydrogens (tertiary/aromatic N) is 1. The molecule has 1 aliphatic carbocycles. The lowest BCUT2D eigenvalue weighted by Gasteiger charge is -2.43. The summed E-state index contributed by atoms with van der Waals surface area (Å²) in [4.78, 5) is 27.0. The molecule has 1 amide bonds. The predicted molar refractivity (Wildman–Crippen MR) is 77.5 cm³/mol. The Morgan fingerprint density at radius 2 is 1.90 bits per heavy atom. The molecule has 21 heavy (non-hydrogen) atoms. The SMILES string of the molecule is CC1[C@H]2C(=O)N(c3ccccc3)[C@]1(C)C[C@@H]1COC(=O)C12. The number of cyclic esters (lactones) is 1. The Morgan fingerprint density at radius 1 is 1.19 bits per heavy atom. The number of fused-ring (bicyclic) bond motifs is 4. The molecule has 3 aliphatic rings. The Labute approximate surface area is 124 Å². The highest BCUT2D eigenvalue weighted by Crippen LogP contribution is 2.56. The van der Waals surface area contributed by atoms with E-state index in [0.29, 0.717) is 6.61 Å². The van der Waals surface area contributed by atoms with Crippen LogP contribution in [0.1, 0.15) is 20.3 Å². The molecule has 2 unspecified atom stereocenters. The number of hydrogen-bond donors (Lipinski definition) is 0. The summed E-state index contributed by atoms with van der Waals surface area (Å²) in [5.74, 6) is -0.221. The summed E-state index contributed by atoms with van der Waals surface area (Å²) >= 11 is 0. The maximum absolute atomic E-state index is 13.0. The number of anilines is 1. The predicted octanol–water partition coefficient (Wildman–Crippen LogP) is 2.24. The molecule has 4 nitrogen and oxygen atoms in total. The van der Waals surface area contributed by atoms with Crippen molar-refractivity contribution in [2.24, 2.45) is 23.7 Å². The smallest absolute Gasteiger partial charge is 0.310 e. The van der Waals surface area contributed by atoms with Crippen molar-refractivity contribution in [3.05, 3.63) is 30.3 Å². The Balaban J connectivity index is 1.83. The normalized spacial score (nSPS) is 41.1. The average Bonchev–Trinajstić information content (AvgIpc) is 2.86. The zero-order valence-corrected chi connectivity index (χ0v) is 12.3. The van der Waals surface area contributed by atoms with Gasteiger partial charge in [0.05, 0.1) is 18.4 Å². The molecule has 110 valence electrons. The summed E-state index contributed by atoms with van der Waals surface area (Å²) in [6.07, 6.45) is 0.835. The lowest BCUT2D eigenvalue weighted by Crippen LogP contribution is -2.50. The number of esters is 1. The molecule has 2 saturated heterocycles. The first-order chi connectivity index (χ1) is 10.0.